The summed E-state index contributed by atoms with van der Waals surface area (Å²) in [4.78, 5) is 1.20. The molecule has 5 heteroatoms. The van der Waals surface area contributed by atoms with E-state index in [1.165, 1.54) is 4.88 Å². The molecule has 0 saturated carbocycles. The maximum absolute atomic E-state index is 5.88. The lowest BCUT2D eigenvalue weighted by molar-refractivity contribution is 0.171. The summed E-state index contributed by atoms with van der Waals surface area (Å²) >= 11 is 7.53. The van der Waals surface area contributed by atoms with E-state index >= 15 is 0 Å². The number of thiophene rings is 1. The van der Waals surface area contributed by atoms with E-state index in [4.69, 9.17) is 21.1 Å². The van der Waals surface area contributed by atoms with Gasteiger partial charge in [0.1, 0.15) is 13.2 Å². The first-order chi connectivity index (χ1) is 8.81. The Labute approximate surface area is 114 Å². The highest BCUT2D eigenvalue weighted by Gasteiger charge is 2.11. The summed E-state index contributed by atoms with van der Waals surface area (Å²) in [7, 11) is 0. The number of halogens is 1. The van der Waals surface area contributed by atoms with E-state index in [2.05, 4.69) is 5.32 Å². The number of rotatable bonds is 3. The maximum atomic E-state index is 5.88. The minimum Gasteiger partial charge on any atom is -0.486 e. The summed E-state index contributed by atoms with van der Waals surface area (Å²) in [5, 5.41) is 6.06. The molecule has 0 bridgehead atoms. The number of ether oxygens (including phenoxy) is 2. The van der Waals surface area contributed by atoms with Crippen LogP contribution in [-0.2, 0) is 6.54 Å². The van der Waals surface area contributed by atoms with Crippen LogP contribution in [0.3, 0.4) is 0 Å². The Kier molecular flexibility index (Phi) is 3.30. The minimum absolute atomic E-state index is 0.608. The summed E-state index contributed by atoms with van der Waals surface area (Å²) in [6.07, 6.45) is 0. The van der Waals surface area contributed by atoms with Gasteiger partial charge in [0.25, 0.3) is 0 Å². The van der Waals surface area contributed by atoms with E-state index in [1.807, 2.05) is 29.6 Å². The molecule has 0 saturated heterocycles. The third-order valence-corrected chi connectivity index (χ3v) is 3.92. The molecule has 1 aromatic heterocycles. The molecule has 0 atom stereocenters. The standard InChI is InChI=1S/C13H12ClNO2S/c14-9-5-11(18-8-9)7-15-10-1-2-12-13(6-10)17-4-3-16-12/h1-2,5-6,8,15H,3-4,7H2. The van der Waals surface area contributed by atoms with E-state index in [0.717, 1.165) is 28.8 Å². The van der Waals surface area contributed by atoms with E-state index in [0.29, 0.717) is 13.2 Å². The molecule has 1 aromatic carbocycles. The van der Waals surface area contributed by atoms with Crippen molar-refractivity contribution in [2.75, 3.05) is 18.5 Å². The van der Waals surface area contributed by atoms with Crippen LogP contribution in [0.15, 0.2) is 29.6 Å². The quantitative estimate of drug-likeness (QED) is 0.929. The SMILES string of the molecule is Clc1csc(CNc2ccc3c(c2)OCCO3)c1. The van der Waals surface area contributed by atoms with Gasteiger partial charge in [-0.1, -0.05) is 11.6 Å². The topological polar surface area (TPSA) is 30.5 Å². The van der Waals surface area contributed by atoms with Gasteiger partial charge in [0, 0.05) is 28.6 Å². The molecule has 0 amide bonds. The number of hydrogen-bond acceptors (Lipinski definition) is 4. The molecule has 1 aliphatic heterocycles. The van der Waals surface area contributed by atoms with Crippen LogP contribution in [-0.4, -0.2) is 13.2 Å². The molecule has 0 spiro atoms. The second kappa shape index (κ2) is 5.08. The predicted octanol–water partition coefficient (Wildman–Crippen LogP) is 3.78. The minimum atomic E-state index is 0.608. The second-order valence-electron chi connectivity index (χ2n) is 3.94. The van der Waals surface area contributed by atoms with Crippen LogP contribution < -0.4 is 14.8 Å². The van der Waals surface area contributed by atoms with E-state index in [1.54, 1.807) is 11.3 Å². The van der Waals surface area contributed by atoms with Gasteiger partial charge in [-0.2, -0.15) is 0 Å². The van der Waals surface area contributed by atoms with E-state index in [-0.39, 0.29) is 0 Å². The van der Waals surface area contributed by atoms with Gasteiger partial charge < -0.3 is 14.8 Å². The summed E-state index contributed by atoms with van der Waals surface area (Å²) in [6.45, 7) is 1.99. The van der Waals surface area contributed by atoms with E-state index in [9.17, 15) is 0 Å². The molecule has 3 rings (SSSR count). The van der Waals surface area contributed by atoms with E-state index < -0.39 is 0 Å². The Bertz CT molecular complexity index is 556. The van der Waals surface area contributed by atoms with Gasteiger partial charge in [-0.3, -0.25) is 0 Å². The molecule has 1 aliphatic rings. The monoisotopic (exact) mass is 281 g/mol. The van der Waals surface area contributed by atoms with Crippen molar-refractivity contribution in [2.24, 2.45) is 0 Å². The zero-order chi connectivity index (χ0) is 12.4. The van der Waals surface area contributed by atoms with Gasteiger partial charge in [-0.15, -0.1) is 11.3 Å². The first kappa shape index (κ1) is 11.7. The third kappa shape index (κ3) is 2.54. The lowest BCUT2D eigenvalue weighted by Crippen LogP contribution is -2.15. The average Bonchev–Trinajstić information content (AvgIpc) is 2.82. The smallest absolute Gasteiger partial charge is 0.163 e. The summed E-state index contributed by atoms with van der Waals surface area (Å²) in [5.74, 6) is 1.61. The number of anilines is 1. The van der Waals surface area contributed by atoms with Gasteiger partial charge in [-0.25, -0.2) is 0 Å². The van der Waals surface area contributed by atoms with Crippen molar-refractivity contribution in [3.8, 4) is 11.5 Å². The normalized spacial score (nSPS) is 13.4. The molecule has 2 aromatic rings. The van der Waals surface area contributed by atoms with Crippen molar-refractivity contribution in [3.63, 3.8) is 0 Å². The zero-order valence-electron chi connectivity index (χ0n) is 9.61. The van der Waals surface area contributed by atoms with Gasteiger partial charge in [-0.05, 0) is 18.2 Å². The van der Waals surface area contributed by atoms with Crippen LogP contribution >= 0.6 is 22.9 Å². The Morgan fingerprint density at radius 1 is 1.17 bits per heavy atom. The molecule has 3 nitrogen and oxygen atoms in total. The average molecular weight is 282 g/mol. The highest BCUT2D eigenvalue weighted by molar-refractivity contribution is 7.10. The molecule has 0 aliphatic carbocycles. The zero-order valence-corrected chi connectivity index (χ0v) is 11.2. The summed E-state index contributed by atoms with van der Waals surface area (Å²) in [5.41, 5.74) is 1.02. The van der Waals surface area contributed by atoms with Gasteiger partial charge in [0.2, 0.25) is 0 Å². The molecule has 94 valence electrons. The predicted molar refractivity (Wildman–Crippen MR) is 74.1 cm³/mol. The fraction of sp³-hybridized carbons (Fsp3) is 0.231. The number of benzene rings is 1. The highest BCUT2D eigenvalue weighted by atomic mass is 35.5. The van der Waals surface area contributed by atoms with Gasteiger partial charge in [0.05, 0.1) is 5.02 Å². The number of hydrogen-bond donors (Lipinski definition) is 1. The molecular formula is C13H12ClNO2S. The first-order valence-electron chi connectivity index (χ1n) is 5.68. The molecule has 0 radical (unpaired) electrons. The van der Waals surface area contributed by atoms with Crippen molar-refractivity contribution >= 4 is 28.6 Å². The number of nitrogens with one attached hydrogen (secondary N) is 1. The van der Waals surface area contributed by atoms with Crippen LogP contribution in [0.25, 0.3) is 0 Å². The lowest BCUT2D eigenvalue weighted by atomic mass is 10.2. The van der Waals surface area contributed by atoms with Gasteiger partial charge in [0.15, 0.2) is 11.5 Å². The number of fused-ring (bicyclic) bond motifs is 1. The highest BCUT2D eigenvalue weighted by Crippen LogP contribution is 2.32. The Morgan fingerprint density at radius 2 is 2.00 bits per heavy atom. The third-order valence-electron chi connectivity index (χ3n) is 2.63. The molecule has 18 heavy (non-hydrogen) atoms. The van der Waals surface area contributed by atoms with Crippen molar-refractivity contribution in [3.05, 3.63) is 39.5 Å². The molecular weight excluding hydrogens is 270 g/mol. The van der Waals surface area contributed by atoms with Crippen molar-refractivity contribution in [1.29, 1.82) is 0 Å². The Hall–Kier alpha value is -1.39. The van der Waals surface area contributed by atoms with Crippen LogP contribution in [0.4, 0.5) is 5.69 Å². The summed E-state index contributed by atoms with van der Waals surface area (Å²) < 4.78 is 11.0. The van der Waals surface area contributed by atoms with Crippen molar-refractivity contribution in [1.82, 2.24) is 0 Å². The fourth-order valence-electron chi connectivity index (χ4n) is 1.79. The summed E-state index contributed by atoms with van der Waals surface area (Å²) in [6, 6.07) is 7.85. The van der Waals surface area contributed by atoms with Gasteiger partial charge >= 0.3 is 0 Å². The Morgan fingerprint density at radius 3 is 2.78 bits per heavy atom. The van der Waals surface area contributed by atoms with Crippen molar-refractivity contribution < 1.29 is 9.47 Å². The first-order valence-corrected chi connectivity index (χ1v) is 6.93. The second-order valence-corrected chi connectivity index (χ2v) is 5.38. The lowest BCUT2D eigenvalue weighted by Gasteiger charge is -2.19. The Balaban J connectivity index is 1.69. The fourth-order valence-corrected chi connectivity index (χ4v) is 2.80. The molecule has 0 unspecified atom stereocenters. The largest absolute Gasteiger partial charge is 0.486 e. The van der Waals surface area contributed by atoms with Crippen LogP contribution in [0.2, 0.25) is 5.02 Å². The van der Waals surface area contributed by atoms with Crippen molar-refractivity contribution in [2.45, 2.75) is 6.54 Å². The van der Waals surface area contributed by atoms with Crippen LogP contribution in [0, 0.1) is 0 Å². The van der Waals surface area contributed by atoms with Crippen LogP contribution in [0.5, 0.6) is 11.5 Å². The molecule has 0 fully saturated rings. The van der Waals surface area contributed by atoms with Crippen LogP contribution in [0.1, 0.15) is 4.88 Å². The maximum Gasteiger partial charge on any atom is 0.163 e. The molecule has 1 N–H and O–H groups in total. The molecule has 2 heterocycles.